The Morgan fingerprint density at radius 2 is 1.82 bits per heavy atom. The van der Waals surface area contributed by atoms with Crippen molar-refractivity contribution in [2.24, 2.45) is 5.73 Å². The van der Waals surface area contributed by atoms with Crippen molar-refractivity contribution in [2.75, 3.05) is 39.6 Å². The van der Waals surface area contributed by atoms with Crippen LogP contribution in [0.3, 0.4) is 0 Å². The molecule has 0 aliphatic heterocycles. The van der Waals surface area contributed by atoms with E-state index >= 15 is 0 Å². The first-order valence-electron chi connectivity index (χ1n) is 6.97. The largest absolute Gasteiger partial charge is 0.484 e. The zero-order valence-corrected chi connectivity index (χ0v) is 12.6. The van der Waals surface area contributed by atoms with Gasteiger partial charge in [-0.2, -0.15) is 0 Å². The fourth-order valence-electron chi connectivity index (χ4n) is 1.85. The molecule has 1 rings (SSSR count). The highest BCUT2D eigenvalue weighted by atomic mass is 16.6. The van der Waals surface area contributed by atoms with Gasteiger partial charge in [0.2, 0.25) is 0 Å². The van der Waals surface area contributed by atoms with Crippen LogP contribution in [-0.2, 0) is 16.0 Å². The number of rotatable bonds is 11. The maximum absolute atomic E-state index is 11.0. The third-order valence-electron chi connectivity index (χ3n) is 3.00. The number of hydrogen-bond acceptors (Lipinski definition) is 7. The van der Waals surface area contributed by atoms with Crippen molar-refractivity contribution in [3.8, 4) is 5.75 Å². The molecule has 0 saturated heterocycles. The van der Waals surface area contributed by atoms with Gasteiger partial charge in [0.1, 0.15) is 6.61 Å². The molecular weight excluding hydrogens is 292 g/mol. The third kappa shape index (κ3) is 5.57. The number of ether oxygens (including phenoxy) is 3. The lowest BCUT2D eigenvalue weighted by atomic mass is 10.1. The highest BCUT2D eigenvalue weighted by Crippen LogP contribution is 2.32. The zero-order valence-electron chi connectivity index (χ0n) is 12.6. The Morgan fingerprint density at radius 3 is 2.41 bits per heavy atom. The van der Waals surface area contributed by atoms with Crippen LogP contribution in [0, 0.1) is 17.0 Å². The molecule has 1 aromatic carbocycles. The van der Waals surface area contributed by atoms with Gasteiger partial charge in [0.05, 0.1) is 38.0 Å². The first-order valence-corrected chi connectivity index (χ1v) is 6.97. The zero-order chi connectivity index (χ0) is 16.4. The molecule has 22 heavy (non-hydrogen) atoms. The number of aliphatic hydroxyl groups excluding tert-OH is 1. The summed E-state index contributed by atoms with van der Waals surface area (Å²) < 4.78 is 15.8. The molecule has 0 spiro atoms. The quantitative estimate of drug-likeness (QED) is 0.352. The summed E-state index contributed by atoms with van der Waals surface area (Å²) >= 11 is 0. The van der Waals surface area contributed by atoms with E-state index in [0.717, 1.165) is 5.56 Å². The van der Waals surface area contributed by atoms with Crippen molar-refractivity contribution in [3.05, 3.63) is 33.4 Å². The summed E-state index contributed by atoms with van der Waals surface area (Å²) in [6, 6.07) is 3.03. The number of nitro benzene ring substituents is 1. The van der Waals surface area contributed by atoms with Crippen LogP contribution in [0.15, 0.2) is 12.1 Å². The molecule has 8 heteroatoms. The minimum absolute atomic E-state index is 0.0243. The van der Waals surface area contributed by atoms with Gasteiger partial charge in [0.25, 0.3) is 0 Å². The Labute approximate surface area is 128 Å². The van der Waals surface area contributed by atoms with E-state index in [2.05, 4.69) is 0 Å². The van der Waals surface area contributed by atoms with Gasteiger partial charge < -0.3 is 25.1 Å². The highest BCUT2D eigenvalue weighted by Gasteiger charge is 2.19. The summed E-state index contributed by atoms with van der Waals surface area (Å²) in [7, 11) is 0. The second kappa shape index (κ2) is 10.1. The maximum atomic E-state index is 11.0. The van der Waals surface area contributed by atoms with Crippen molar-refractivity contribution in [1.29, 1.82) is 0 Å². The van der Waals surface area contributed by atoms with Crippen LogP contribution in [0.25, 0.3) is 0 Å². The fraction of sp³-hybridized carbons (Fsp3) is 0.571. The molecule has 0 atom stereocenters. The predicted octanol–water partition coefficient (Wildman–Crippen LogP) is 0.766. The number of nitrogens with two attached hydrogens (primary N) is 1. The average Bonchev–Trinajstić information content (AvgIpc) is 2.50. The van der Waals surface area contributed by atoms with Gasteiger partial charge in [-0.15, -0.1) is 0 Å². The SMILES string of the molecule is Cc1c(CN)ccc([N+](=O)[O-])c1OCCOCCOCCO. The molecule has 0 aliphatic rings. The van der Waals surface area contributed by atoms with Crippen LogP contribution in [-0.4, -0.2) is 49.7 Å². The highest BCUT2D eigenvalue weighted by molar-refractivity contribution is 5.54. The van der Waals surface area contributed by atoms with Crippen LogP contribution in [0.5, 0.6) is 5.75 Å². The third-order valence-corrected chi connectivity index (χ3v) is 3.00. The molecule has 0 saturated carbocycles. The van der Waals surface area contributed by atoms with E-state index in [-0.39, 0.29) is 37.9 Å². The first-order chi connectivity index (χ1) is 10.6. The van der Waals surface area contributed by atoms with E-state index in [9.17, 15) is 10.1 Å². The van der Waals surface area contributed by atoms with Gasteiger partial charge in [0.15, 0.2) is 5.75 Å². The van der Waals surface area contributed by atoms with E-state index in [1.54, 1.807) is 13.0 Å². The number of aliphatic hydroxyl groups is 1. The number of hydrogen-bond donors (Lipinski definition) is 2. The second-order valence-electron chi connectivity index (χ2n) is 4.46. The number of nitrogens with zero attached hydrogens (tertiary/aromatic N) is 1. The first kappa shape index (κ1) is 18.3. The molecule has 0 aliphatic carbocycles. The second-order valence-corrected chi connectivity index (χ2v) is 4.46. The molecule has 1 aromatic rings. The monoisotopic (exact) mass is 314 g/mol. The summed E-state index contributed by atoms with van der Waals surface area (Å²) in [5, 5.41) is 19.6. The molecule has 0 heterocycles. The van der Waals surface area contributed by atoms with Crippen molar-refractivity contribution in [3.63, 3.8) is 0 Å². The van der Waals surface area contributed by atoms with Gasteiger partial charge in [-0.05, 0) is 12.5 Å². The lowest BCUT2D eigenvalue weighted by Crippen LogP contribution is -2.13. The van der Waals surface area contributed by atoms with E-state index in [1.165, 1.54) is 6.07 Å². The molecule has 0 bridgehead atoms. The Bertz CT molecular complexity index is 481. The van der Waals surface area contributed by atoms with Crippen molar-refractivity contribution in [1.82, 2.24) is 0 Å². The van der Waals surface area contributed by atoms with Gasteiger partial charge in [-0.25, -0.2) is 0 Å². The van der Waals surface area contributed by atoms with Gasteiger partial charge in [0, 0.05) is 18.2 Å². The molecule has 3 N–H and O–H groups in total. The van der Waals surface area contributed by atoms with Gasteiger partial charge in [-0.1, -0.05) is 6.07 Å². The molecular formula is C14H22N2O6. The molecule has 0 unspecified atom stereocenters. The number of benzene rings is 1. The van der Waals surface area contributed by atoms with Crippen LogP contribution in [0.2, 0.25) is 0 Å². The predicted molar refractivity (Wildman–Crippen MR) is 79.9 cm³/mol. The summed E-state index contributed by atoms with van der Waals surface area (Å²) in [6.45, 7) is 3.50. The van der Waals surface area contributed by atoms with Crippen LogP contribution in [0.1, 0.15) is 11.1 Å². The molecule has 0 fully saturated rings. The van der Waals surface area contributed by atoms with Gasteiger partial charge >= 0.3 is 5.69 Å². The minimum Gasteiger partial charge on any atom is -0.484 e. The normalized spacial score (nSPS) is 10.7. The fourth-order valence-corrected chi connectivity index (χ4v) is 1.85. The molecule has 8 nitrogen and oxygen atoms in total. The summed E-state index contributed by atoms with van der Waals surface area (Å²) in [4.78, 5) is 10.6. The van der Waals surface area contributed by atoms with Crippen molar-refractivity contribution in [2.45, 2.75) is 13.5 Å². The smallest absolute Gasteiger partial charge is 0.311 e. The van der Waals surface area contributed by atoms with E-state index in [1.807, 2.05) is 0 Å². The lowest BCUT2D eigenvalue weighted by molar-refractivity contribution is -0.386. The average molecular weight is 314 g/mol. The Morgan fingerprint density at radius 1 is 1.18 bits per heavy atom. The minimum atomic E-state index is -0.480. The maximum Gasteiger partial charge on any atom is 0.311 e. The topological polar surface area (TPSA) is 117 Å². The molecule has 0 aromatic heterocycles. The Hall–Kier alpha value is -1.74. The van der Waals surface area contributed by atoms with Crippen LogP contribution < -0.4 is 10.5 Å². The van der Waals surface area contributed by atoms with Crippen molar-refractivity contribution < 1.29 is 24.2 Å². The summed E-state index contributed by atoms with van der Waals surface area (Å²) in [5.41, 5.74) is 6.99. The van der Waals surface area contributed by atoms with E-state index < -0.39 is 4.92 Å². The Kier molecular flexibility index (Phi) is 8.38. The molecule has 0 radical (unpaired) electrons. The van der Waals surface area contributed by atoms with Crippen LogP contribution in [0.4, 0.5) is 5.69 Å². The Balaban J connectivity index is 2.49. The standard InChI is InChI=1S/C14H22N2O6/c1-11-12(10-15)2-3-13(16(18)19)14(11)22-9-8-21-7-6-20-5-4-17/h2-3,17H,4-10,15H2,1H3. The molecule has 124 valence electrons. The lowest BCUT2D eigenvalue weighted by Gasteiger charge is -2.12. The van der Waals surface area contributed by atoms with Crippen molar-refractivity contribution >= 4 is 5.69 Å². The summed E-state index contributed by atoms with van der Waals surface area (Å²) in [5.74, 6) is 0.230. The van der Waals surface area contributed by atoms with Crippen LogP contribution >= 0.6 is 0 Å². The number of nitro groups is 1. The summed E-state index contributed by atoms with van der Waals surface area (Å²) in [6.07, 6.45) is 0. The van der Waals surface area contributed by atoms with Gasteiger partial charge in [-0.3, -0.25) is 10.1 Å². The van der Waals surface area contributed by atoms with E-state index in [4.69, 9.17) is 25.1 Å². The van der Waals surface area contributed by atoms with E-state index in [0.29, 0.717) is 25.3 Å². The molecule has 0 amide bonds.